The third-order valence-electron chi connectivity index (χ3n) is 3.46. The predicted octanol–water partition coefficient (Wildman–Crippen LogP) is 2.70. The van der Waals surface area contributed by atoms with Crippen molar-refractivity contribution < 1.29 is 0 Å². The van der Waals surface area contributed by atoms with Gasteiger partial charge in [-0.1, -0.05) is 30.7 Å². The summed E-state index contributed by atoms with van der Waals surface area (Å²) in [5.41, 5.74) is 3.19. The van der Waals surface area contributed by atoms with Crippen molar-refractivity contribution >= 4 is 0 Å². The average molecular weight is 226 g/mol. The topological polar surface area (TPSA) is 45.8 Å². The largest absolute Gasteiger partial charge is 0.268 e. The molecule has 0 saturated heterocycles. The van der Waals surface area contributed by atoms with Gasteiger partial charge in [-0.2, -0.15) is 5.10 Å². The SMILES string of the molecule is O=c1cc(-c2cccc(C3CCC3)c2)cn[nH]1. The van der Waals surface area contributed by atoms with E-state index in [0.29, 0.717) is 5.92 Å². The zero-order chi connectivity index (χ0) is 11.7. The molecule has 1 aliphatic rings. The molecule has 3 rings (SSSR count). The average Bonchev–Trinajstić information content (AvgIpc) is 2.27. The van der Waals surface area contributed by atoms with Crippen molar-refractivity contribution in [1.29, 1.82) is 0 Å². The Morgan fingerprint density at radius 3 is 2.76 bits per heavy atom. The van der Waals surface area contributed by atoms with Crippen LogP contribution in [0, 0.1) is 0 Å². The molecule has 3 heteroatoms. The van der Waals surface area contributed by atoms with Crippen molar-refractivity contribution in [3.05, 3.63) is 52.4 Å². The summed E-state index contributed by atoms with van der Waals surface area (Å²) in [6, 6.07) is 10.0. The molecule has 2 aromatic rings. The Balaban J connectivity index is 2.00. The van der Waals surface area contributed by atoms with Gasteiger partial charge in [0.05, 0.1) is 6.20 Å². The number of H-pyrrole nitrogens is 1. The fourth-order valence-corrected chi connectivity index (χ4v) is 2.25. The molecule has 0 unspecified atom stereocenters. The fourth-order valence-electron chi connectivity index (χ4n) is 2.25. The summed E-state index contributed by atoms with van der Waals surface area (Å²) >= 11 is 0. The van der Waals surface area contributed by atoms with Crippen LogP contribution in [0.2, 0.25) is 0 Å². The second-order valence-corrected chi connectivity index (χ2v) is 4.59. The van der Waals surface area contributed by atoms with Gasteiger partial charge in [0.15, 0.2) is 0 Å². The van der Waals surface area contributed by atoms with Crippen LogP contribution in [0.1, 0.15) is 30.7 Å². The maximum atomic E-state index is 11.2. The lowest BCUT2D eigenvalue weighted by Crippen LogP contribution is -2.09. The number of nitrogens with zero attached hydrogens (tertiary/aromatic N) is 1. The van der Waals surface area contributed by atoms with E-state index in [0.717, 1.165) is 11.1 Å². The predicted molar refractivity (Wildman–Crippen MR) is 66.9 cm³/mol. The molecular formula is C14H14N2O. The van der Waals surface area contributed by atoms with E-state index in [9.17, 15) is 4.79 Å². The van der Waals surface area contributed by atoms with Crippen LogP contribution in [0.5, 0.6) is 0 Å². The van der Waals surface area contributed by atoms with Gasteiger partial charge in [0.1, 0.15) is 0 Å². The van der Waals surface area contributed by atoms with Crippen LogP contribution in [0.3, 0.4) is 0 Å². The van der Waals surface area contributed by atoms with E-state index in [4.69, 9.17) is 0 Å². The zero-order valence-corrected chi connectivity index (χ0v) is 9.52. The summed E-state index contributed by atoms with van der Waals surface area (Å²) in [5, 5.41) is 6.23. The fraction of sp³-hybridized carbons (Fsp3) is 0.286. The van der Waals surface area contributed by atoms with Gasteiger partial charge in [-0.05, 0) is 29.9 Å². The molecule has 1 aromatic heterocycles. The number of aromatic amines is 1. The summed E-state index contributed by atoms with van der Waals surface area (Å²) in [5.74, 6) is 0.713. The van der Waals surface area contributed by atoms with Gasteiger partial charge in [-0.15, -0.1) is 0 Å². The van der Waals surface area contributed by atoms with E-state index in [-0.39, 0.29) is 5.56 Å². The lowest BCUT2D eigenvalue weighted by atomic mass is 9.79. The first-order chi connectivity index (χ1) is 8.33. The molecule has 0 aliphatic heterocycles. The van der Waals surface area contributed by atoms with Gasteiger partial charge < -0.3 is 0 Å². The summed E-state index contributed by atoms with van der Waals surface area (Å²) in [4.78, 5) is 11.2. The molecule has 1 aromatic carbocycles. The molecule has 0 atom stereocenters. The summed E-state index contributed by atoms with van der Waals surface area (Å²) < 4.78 is 0. The van der Waals surface area contributed by atoms with Crippen LogP contribution < -0.4 is 5.56 Å². The van der Waals surface area contributed by atoms with Crippen molar-refractivity contribution in [2.45, 2.75) is 25.2 Å². The Morgan fingerprint density at radius 2 is 2.06 bits per heavy atom. The minimum Gasteiger partial charge on any atom is -0.268 e. The van der Waals surface area contributed by atoms with E-state index in [1.807, 2.05) is 6.07 Å². The highest BCUT2D eigenvalue weighted by atomic mass is 16.1. The van der Waals surface area contributed by atoms with E-state index in [1.54, 1.807) is 12.3 Å². The van der Waals surface area contributed by atoms with E-state index >= 15 is 0 Å². The Hall–Kier alpha value is -1.90. The molecule has 1 fully saturated rings. The molecule has 17 heavy (non-hydrogen) atoms. The minimum atomic E-state index is -0.156. The van der Waals surface area contributed by atoms with E-state index in [2.05, 4.69) is 28.4 Å². The van der Waals surface area contributed by atoms with Crippen LogP contribution in [-0.2, 0) is 0 Å². The Labute approximate surface area is 99.5 Å². The number of hydrogen-bond acceptors (Lipinski definition) is 2. The molecule has 1 saturated carbocycles. The molecular weight excluding hydrogens is 212 g/mol. The minimum absolute atomic E-state index is 0.156. The number of aromatic nitrogens is 2. The quantitative estimate of drug-likeness (QED) is 0.855. The van der Waals surface area contributed by atoms with Gasteiger partial charge in [-0.3, -0.25) is 4.79 Å². The molecule has 1 aliphatic carbocycles. The van der Waals surface area contributed by atoms with Crippen molar-refractivity contribution in [2.24, 2.45) is 0 Å². The molecule has 0 spiro atoms. The molecule has 3 nitrogen and oxygen atoms in total. The molecule has 0 radical (unpaired) electrons. The lowest BCUT2D eigenvalue weighted by Gasteiger charge is -2.26. The van der Waals surface area contributed by atoms with E-state index in [1.165, 1.54) is 24.8 Å². The summed E-state index contributed by atoms with van der Waals surface area (Å²) in [7, 11) is 0. The first-order valence-electron chi connectivity index (χ1n) is 5.98. The number of nitrogens with one attached hydrogen (secondary N) is 1. The van der Waals surface area contributed by atoms with Gasteiger partial charge >= 0.3 is 0 Å². The zero-order valence-electron chi connectivity index (χ0n) is 9.52. The van der Waals surface area contributed by atoms with Crippen LogP contribution in [-0.4, -0.2) is 10.2 Å². The van der Waals surface area contributed by atoms with E-state index < -0.39 is 0 Å². The second kappa shape index (κ2) is 4.17. The van der Waals surface area contributed by atoms with Crippen LogP contribution in [0.15, 0.2) is 41.3 Å². The molecule has 1 N–H and O–H groups in total. The summed E-state index contributed by atoms with van der Waals surface area (Å²) in [6.45, 7) is 0. The highest BCUT2D eigenvalue weighted by Crippen LogP contribution is 2.37. The number of benzene rings is 1. The Morgan fingerprint density at radius 1 is 1.18 bits per heavy atom. The van der Waals surface area contributed by atoms with Crippen LogP contribution in [0.25, 0.3) is 11.1 Å². The first-order valence-corrected chi connectivity index (χ1v) is 5.98. The first kappa shape index (κ1) is 10.3. The van der Waals surface area contributed by atoms with Gasteiger partial charge in [-0.25, -0.2) is 5.10 Å². The molecule has 1 heterocycles. The maximum Gasteiger partial charge on any atom is 0.264 e. The highest BCUT2D eigenvalue weighted by molar-refractivity contribution is 5.62. The third-order valence-corrected chi connectivity index (χ3v) is 3.46. The van der Waals surface area contributed by atoms with Gasteiger partial charge in [0.2, 0.25) is 0 Å². The standard InChI is InChI=1S/C14H14N2O/c17-14-8-13(9-15-16-14)12-6-2-5-11(7-12)10-3-1-4-10/h2,5-10H,1,3-4H2,(H,16,17). The second-order valence-electron chi connectivity index (χ2n) is 4.59. The van der Waals surface area contributed by atoms with Crippen LogP contribution >= 0.6 is 0 Å². The third kappa shape index (κ3) is 2.00. The van der Waals surface area contributed by atoms with Crippen molar-refractivity contribution in [3.8, 4) is 11.1 Å². The maximum absolute atomic E-state index is 11.2. The monoisotopic (exact) mass is 226 g/mol. The number of hydrogen-bond donors (Lipinski definition) is 1. The smallest absolute Gasteiger partial charge is 0.264 e. The Bertz CT molecular complexity index is 585. The molecule has 0 amide bonds. The van der Waals surface area contributed by atoms with Crippen molar-refractivity contribution in [2.75, 3.05) is 0 Å². The van der Waals surface area contributed by atoms with Gasteiger partial charge in [0, 0.05) is 11.6 Å². The van der Waals surface area contributed by atoms with Crippen molar-refractivity contribution in [3.63, 3.8) is 0 Å². The van der Waals surface area contributed by atoms with Crippen molar-refractivity contribution in [1.82, 2.24) is 10.2 Å². The Kier molecular flexibility index (Phi) is 2.52. The lowest BCUT2D eigenvalue weighted by molar-refractivity contribution is 0.420. The number of rotatable bonds is 2. The summed E-state index contributed by atoms with van der Waals surface area (Å²) in [6.07, 6.45) is 5.61. The molecule has 0 bridgehead atoms. The van der Waals surface area contributed by atoms with Crippen LogP contribution in [0.4, 0.5) is 0 Å². The highest BCUT2D eigenvalue weighted by Gasteiger charge is 2.19. The molecule has 86 valence electrons. The van der Waals surface area contributed by atoms with Gasteiger partial charge in [0.25, 0.3) is 5.56 Å². The normalized spacial score (nSPS) is 15.5.